The fourth-order valence-corrected chi connectivity index (χ4v) is 1.45. The third-order valence-electron chi connectivity index (χ3n) is 2.17. The summed E-state index contributed by atoms with van der Waals surface area (Å²) >= 11 is 0. The maximum absolute atomic E-state index is 11.2. The normalized spacial score (nSPS) is 12.5. The second kappa shape index (κ2) is 5.39. The maximum atomic E-state index is 11.2. The van der Waals surface area contributed by atoms with Crippen molar-refractivity contribution < 1.29 is 4.79 Å². The number of amides is 1. The molecule has 1 atom stereocenters. The minimum atomic E-state index is -0.299. The number of nitrogens with one attached hydrogen (secondary N) is 1. The molecule has 0 aliphatic heterocycles. The van der Waals surface area contributed by atoms with Crippen molar-refractivity contribution in [2.45, 2.75) is 26.3 Å². The molecular formula is C12H18N2O. The molecule has 0 aliphatic rings. The molecule has 0 fully saturated rings. The van der Waals surface area contributed by atoms with Crippen LogP contribution in [0, 0.1) is 5.92 Å². The van der Waals surface area contributed by atoms with Crippen LogP contribution in [0.25, 0.3) is 0 Å². The molecular weight excluding hydrogens is 188 g/mol. The van der Waals surface area contributed by atoms with Crippen molar-refractivity contribution in [1.29, 1.82) is 0 Å². The average Bonchev–Trinajstić information content (AvgIpc) is 2.17. The lowest BCUT2D eigenvalue weighted by Crippen LogP contribution is -2.36. The van der Waals surface area contributed by atoms with Crippen molar-refractivity contribution in [1.82, 2.24) is 0 Å². The third kappa shape index (κ3) is 4.02. The maximum Gasteiger partial charge on any atom is 0.239 e. The van der Waals surface area contributed by atoms with E-state index in [1.807, 2.05) is 30.3 Å². The fraction of sp³-hybridized carbons (Fsp3) is 0.417. The predicted molar refractivity (Wildman–Crippen MR) is 62.5 cm³/mol. The Balaban J connectivity index is 2.63. The van der Waals surface area contributed by atoms with E-state index in [1.165, 1.54) is 0 Å². The van der Waals surface area contributed by atoms with Gasteiger partial charge in [-0.1, -0.05) is 32.0 Å². The molecule has 0 radical (unpaired) electrons. The van der Waals surface area contributed by atoms with E-state index in [1.54, 1.807) is 0 Å². The van der Waals surface area contributed by atoms with Gasteiger partial charge in [0.1, 0.15) is 6.04 Å². The number of rotatable bonds is 5. The number of carbonyl (C=O) groups excluding carboxylic acids is 1. The van der Waals surface area contributed by atoms with Gasteiger partial charge >= 0.3 is 0 Å². The molecule has 3 heteroatoms. The summed E-state index contributed by atoms with van der Waals surface area (Å²) < 4.78 is 0. The largest absolute Gasteiger partial charge is 0.374 e. The molecule has 3 nitrogen and oxygen atoms in total. The first-order valence-electron chi connectivity index (χ1n) is 5.20. The molecule has 0 unspecified atom stereocenters. The lowest BCUT2D eigenvalue weighted by Gasteiger charge is -2.18. The van der Waals surface area contributed by atoms with Gasteiger partial charge in [0.2, 0.25) is 5.91 Å². The first-order valence-corrected chi connectivity index (χ1v) is 5.20. The van der Waals surface area contributed by atoms with Crippen molar-refractivity contribution in [2.75, 3.05) is 5.32 Å². The standard InChI is InChI=1S/C12H18N2O/c1-9(2)8-11(12(13)15)14-10-6-4-3-5-7-10/h3-7,9,11,14H,8H2,1-2H3,(H2,13,15)/t11-/m0/s1. The minimum Gasteiger partial charge on any atom is -0.374 e. The lowest BCUT2D eigenvalue weighted by molar-refractivity contribution is -0.119. The molecule has 82 valence electrons. The van der Waals surface area contributed by atoms with Crippen LogP contribution in [0.15, 0.2) is 30.3 Å². The van der Waals surface area contributed by atoms with Gasteiger partial charge in [-0.05, 0) is 24.5 Å². The van der Waals surface area contributed by atoms with Crippen LogP contribution in [0.2, 0.25) is 0 Å². The predicted octanol–water partition coefficient (Wildman–Crippen LogP) is 2.00. The van der Waals surface area contributed by atoms with Gasteiger partial charge in [0, 0.05) is 5.69 Å². The zero-order valence-electron chi connectivity index (χ0n) is 9.23. The molecule has 3 N–H and O–H groups in total. The Morgan fingerprint density at radius 2 is 1.93 bits per heavy atom. The van der Waals surface area contributed by atoms with Gasteiger partial charge in [0.05, 0.1) is 0 Å². The number of hydrogen-bond donors (Lipinski definition) is 2. The molecule has 0 saturated heterocycles. The highest BCUT2D eigenvalue weighted by Gasteiger charge is 2.16. The molecule has 0 heterocycles. The number of nitrogens with two attached hydrogens (primary N) is 1. The van der Waals surface area contributed by atoms with Crippen LogP contribution >= 0.6 is 0 Å². The number of benzene rings is 1. The van der Waals surface area contributed by atoms with E-state index < -0.39 is 0 Å². The summed E-state index contributed by atoms with van der Waals surface area (Å²) in [6.45, 7) is 4.14. The van der Waals surface area contributed by atoms with Crippen molar-refractivity contribution in [3.8, 4) is 0 Å². The van der Waals surface area contributed by atoms with Crippen molar-refractivity contribution in [3.05, 3.63) is 30.3 Å². The Bertz CT molecular complexity index is 309. The summed E-state index contributed by atoms with van der Waals surface area (Å²) in [5, 5.41) is 3.14. The highest BCUT2D eigenvalue weighted by Crippen LogP contribution is 2.12. The smallest absolute Gasteiger partial charge is 0.239 e. The molecule has 1 rings (SSSR count). The molecule has 0 saturated carbocycles. The first kappa shape index (κ1) is 11.6. The summed E-state index contributed by atoms with van der Waals surface area (Å²) in [7, 11) is 0. The monoisotopic (exact) mass is 206 g/mol. The van der Waals surface area contributed by atoms with Gasteiger partial charge in [0.15, 0.2) is 0 Å². The van der Waals surface area contributed by atoms with Crippen LogP contribution in [-0.2, 0) is 4.79 Å². The summed E-state index contributed by atoms with van der Waals surface area (Å²) in [6.07, 6.45) is 0.754. The second-order valence-corrected chi connectivity index (χ2v) is 4.09. The molecule has 15 heavy (non-hydrogen) atoms. The number of anilines is 1. The summed E-state index contributed by atoms with van der Waals surface area (Å²) in [5.74, 6) is 0.145. The van der Waals surface area contributed by atoms with E-state index in [2.05, 4.69) is 19.2 Å². The second-order valence-electron chi connectivity index (χ2n) is 4.09. The quantitative estimate of drug-likeness (QED) is 0.774. The summed E-state index contributed by atoms with van der Waals surface area (Å²) in [5.41, 5.74) is 6.26. The van der Waals surface area contributed by atoms with E-state index in [4.69, 9.17) is 5.73 Å². The van der Waals surface area contributed by atoms with Crippen molar-refractivity contribution in [3.63, 3.8) is 0 Å². The fourth-order valence-electron chi connectivity index (χ4n) is 1.45. The first-order chi connectivity index (χ1) is 7.09. The lowest BCUT2D eigenvalue weighted by atomic mass is 10.0. The van der Waals surface area contributed by atoms with Gasteiger partial charge in [-0.2, -0.15) is 0 Å². The number of hydrogen-bond acceptors (Lipinski definition) is 2. The van der Waals surface area contributed by atoms with E-state index in [0.29, 0.717) is 5.92 Å². The molecule has 1 aromatic rings. The molecule has 0 aliphatic carbocycles. The number of primary amides is 1. The van der Waals surface area contributed by atoms with Gasteiger partial charge in [0.25, 0.3) is 0 Å². The Morgan fingerprint density at radius 3 is 2.40 bits per heavy atom. The number of para-hydroxylation sites is 1. The summed E-state index contributed by atoms with van der Waals surface area (Å²) in [4.78, 5) is 11.2. The van der Waals surface area contributed by atoms with E-state index in [-0.39, 0.29) is 11.9 Å². The Morgan fingerprint density at radius 1 is 1.33 bits per heavy atom. The molecule has 0 bridgehead atoms. The van der Waals surface area contributed by atoms with Crippen LogP contribution in [0.4, 0.5) is 5.69 Å². The van der Waals surface area contributed by atoms with Crippen LogP contribution in [-0.4, -0.2) is 11.9 Å². The average molecular weight is 206 g/mol. The SMILES string of the molecule is CC(C)C[C@H](Nc1ccccc1)C(N)=O. The third-order valence-corrected chi connectivity index (χ3v) is 2.17. The highest BCUT2D eigenvalue weighted by molar-refractivity contribution is 5.82. The molecule has 0 aromatic heterocycles. The van der Waals surface area contributed by atoms with Gasteiger partial charge < -0.3 is 11.1 Å². The van der Waals surface area contributed by atoms with E-state index in [9.17, 15) is 4.79 Å². The van der Waals surface area contributed by atoms with E-state index >= 15 is 0 Å². The van der Waals surface area contributed by atoms with Crippen LogP contribution < -0.4 is 11.1 Å². The zero-order chi connectivity index (χ0) is 11.3. The molecule has 1 amide bonds. The van der Waals surface area contributed by atoms with Gasteiger partial charge in [-0.25, -0.2) is 0 Å². The van der Waals surface area contributed by atoms with Gasteiger partial charge in [-0.3, -0.25) is 4.79 Å². The molecule has 1 aromatic carbocycles. The van der Waals surface area contributed by atoms with Crippen molar-refractivity contribution >= 4 is 11.6 Å². The minimum absolute atomic E-state index is 0.285. The highest BCUT2D eigenvalue weighted by atomic mass is 16.1. The van der Waals surface area contributed by atoms with E-state index in [0.717, 1.165) is 12.1 Å². The number of carbonyl (C=O) groups is 1. The summed E-state index contributed by atoms with van der Waals surface area (Å²) in [6, 6.07) is 9.36. The van der Waals surface area contributed by atoms with Crippen molar-refractivity contribution in [2.24, 2.45) is 11.7 Å². The Labute approximate surface area is 90.7 Å². The van der Waals surface area contributed by atoms with Crippen LogP contribution in [0.1, 0.15) is 20.3 Å². The molecule has 0 spiro atoms. The van der Waals surface area contributed by atoms with Crippen LogP contribution in [0.5, 0.6) is 0 Å². The Kier molecular flexibility index (Phi) is 4.16. The zero-order valence-corrected chi connectivity index (χ0v) is 9.23. The van der Waals surface area contributed by atoms with Crippen LogP contribution in [0.3, 0.4) is 0 Å². The topological polar surface area (TPSA) is 55.1 Å². The Hall–Kier alpha value is -1.51. The van der Waals surface area contributed by atoms with Gasteiger partial charge in [-0.15, -0.1) is 0 Å².